The molecule has 0 heterocycles. The molecule has 50 valence electrons. The molecule has 1 aromatic rings. The second-order valence-corrected chi connectivity index (χ2v) is 2.22. The third-order valence-corrected chi connectivity index (χ3v) is 1.46. The Morgan fingerprint density at radius 1 is 1.30 bits per heavy atom. The van der Waals surface area contributed by atoms with Gasteiger partial charge in [0.1, 0.15) is 0 Å². The van der Waals surface area contributed by atoms with E-state index in [9.17, 15) is 0 Å². The van der Waals surface area contributed by atoms with Crippen molar-refractivity contribution >= 4 is 6.08 Å². The van der Waals surface area contributed by atoms with E-state index in [1.807, 2.05) is 24.3 Å². The van der Waals surface area contributed by atoms with E-state index in [1.165, 1.54) is 11.1 Å². The smallest absolute Gasteiger partial charge is 0.00922 e. The lowest BCUT2D eigenvalue weighted by Crippen LogP contribution is -1.76. The predicted octanol–water partition coefficient (Wildman–Crippen LogP) is 2.72. The molecule has 0 heteroatoms. The van der Waals surface area contributed by atoms with Crippen LogP contribution >= 0.6 is 0 Å². The number of hydrogen-bond donors (Lipinski definition) is 0. The monoisotopic (exact) mass is 130 g/mol. The maximum Gasteiger partial charge on any atom is -0.00922 e. The van der Waals surface area contributed by atoms with Crippen LogP contribution in [0.25, 0.3) is 6.08 Å². The fourth-order valence-corrected chi connectivity index (χ4v) is 0.877. The van der Waals surface area contributed by atoms with E-state index in [0.717, 1.165) is 0 Å². The predicted molar refractivity (Wildman–Crippen MR) is 44.5 cm³/mol. The zero-order valence-electron chi connectivity index (χ0n) is 6.04. The third-order valence-electron chi connectivity index (χ3n) is 1.46. The zero-order valence-corrected chi connectivity index (χ0v) is 6.04. The normalized spacial score (nSPS) is 10.6. The van der Waals surface area contributed by atoms with E-state index in [4.69, 9.17) is 6.92 Å². The number of hydrogen-bond acceptors (Lipinski definition) is 0. The number of benzene rings is 1. The van der Waals surface area contributed by atoms with Crippen molar-refractivity contribution in [2.45, 2.75) is 6.92 Å². The summed E-state index contributed by atoms with van der Waals surface area (Å²) < 4.78 is 0. The molecule has 0 saturated carbocycles. The van der Waals surface area contributed by atoms with Crippen LogP contribution in [0.15, 0.2) is 30.3 Å². The molecule has 0 aliphatic rings. The van der Waals surface area contributed by atoms with Crippen molar-refractivity contribution in [3.05, 3.63) is 48.4 Å². The Morgan fingerprint density at radius 3 is 2.60 bits per heavy atom. The van der Waals surface area contributed by atoms with Crippen molar-refractivity contribution in [3.8, 4) is 0 Å². The summed E-state index contributed by atoms with van der Waals surface area (Å²) in [6.45, 7) is 7.31. The van der Waals surface area contributed by atoms with Gasteiger partial charge in [0, 0.05) is 0 Å². The topological polar surface area (TPSA) is 0 Å². The van der Waals surface area contributed by atoms with E-state index in [2.05, 4.69) is 13.0 Å². The molecule has 0 bridgehead atoms. The van der Waals surface area contributed by atoms with Gasteiger partial charge < -0.3 is 0 Å². The van der Waals surface area contributed by atoms with E-state index in [1.54, 1.807) is 6.08 Å². The van der Waals surface area contributed by atoms with Gasteiger partial charge in [-0.1, -0.05) is 36.4 Å². The maximum atomic E-state index is 5.25. The second kappa shape index (κ2) is 3.21. The highest BCUT2D eigenvalue weighted by Gasteiger charge is 1.87. The molecule has 1 rings (SSSR count). The number of rotatable bonds is 1. The molecule has 0 N–H and O–H groups in total. The van der Waals surface area contributed by atoms with Gasteiger partial charge in [0.05, 0.1) is 0 Å². The molecule has 0 aliphatic carbocycles. The molecule has 0 atom stereocenters. The molecule has 0 nitrogen and oxygen atoms in total. The maximum absolute atomic E-state index is 5.25. The lowest BCUT2D eigenvalue weighted by atomic mass is 10.1. The summed E-state index contributed by atoms with van der Waals surface area (Å²) in [5.74, 6) is 0. The van der Waals surface area contributed by atoms with Gasteiger partial charge in [-0.25, -0.2) is 0 Å². The quantitative estimate of drug-likeness (QED) is 0.548. The van der Waals surface area contributed by atoms with Crippen LogP contribution in [0, 0.1) is 13.8 Å². The first-order valence-corrected chi connectivity index (χ1v) is 3.28. The molecule has 0 unspecified atom stereocenters. The molecule has 0 fully saturated rings. The van der Waals surface area contributed by atoms with Crippen LogP contribution < -0.4 is 0 Å². The standard InChI is InChI=1S/C10H10/c1-3-6-10-8-5-4-7-9(10)2/h1,3-8H,2H3. The summed E-state index contributed by atoms with van der Waals surface area (Å²) >= 11 is 0. The van der Waals surface area contributed by atoms with Crippen molar-refractivity contribution < 1.29 is 0 Å². The van der Waals surface area contributed by atoms with Crippen molar-refractivity contribution in [3.63, 3.8) is 0 Å². The average Bonchev–Trinajstić information content (AvgIpc) is 1.94. The van der Waals surface area contributed by atoms with Crippen LogP contribution in [0.2, 0.25) is 0 Å². The molecule has 2 radical (unpaired) electrons. The molecule has 10 heavy (non-hydrogen) atoms. The van der Waals surface area contributed by atoms with Gasteiger partial charge in [0.2, 0.25) is 0 Å². The van der Waals surface area contributed by atoms with Crippen LogP contribution in [-0.2, 0) is 0 Å². The molecule has 0 aliphatic heterocycles. The SMILES string of the molecule is [CH]C=Cc1ccccc1C. The van der Waals surface area contributed by atoms with Crippen molar-refractivity contribution in [2.75, 3.05) is 0 Å². The van der Waals surface area contributed by atoms with Crippen molar-refractivity contribution in [2.24, 2.45) is 0 Å². The van der Waals surface area contributed by atoms with Crippen LogP contribution in [0.1, 0.15) is 11.1 Å². The van der Waals surface area contributed by atoms with E-state index >= 15 is 0 Å². The van der Waals surface area contributed by atoms with E-state index in [-0.39, 0.29) is 0 Å². The van der Waals surface area contributed by atoms with E-state index < -0.39 is 0 Å². The van der Waals surface area contributed by atoms with Gasteiger partial charge in [-0.15, -0.1) is 0 Å². The Hall–Kier alpha value is -1.04. The summed E-state index contributed by atoms with van der Waals surface area (Å²) in [4.78, 5) is 0. The summed E-state index contributed by atoms with van der Waals surface area (Å²) in [7, 11) is 0. The minimum absolute atomic E-state index is 1.19. The van der Waals surface area contributed by atoms with Crippen LogP contribution in [-0.4, -0.2) is 0 Å². The highest BCUT2D eigenvalue weighted by atomic mass is 13.9. The highest BCUT2D eigenvalue weighted by Crippen LogP contribution is 2.07. The summed E-state index contributed by atoms with van der Waals surface area (Å²) in [6.07, 6.45) is 3.46. The zero-order chi connectivity index (χ0) is 7.40. The Kier molecular flexibility index (Phi) is 2.27. The van der Waals surface area contributed by atoms with Crippen LogP contribution in [0.3, 0.4) is 0 Å². The molecule has 1 aromatic carbocycles. The minimum atomic E-state index is 1.19. The average molecular weight is 130 g/mol. The Labute approximate surface area is 62.2 Å². The Morgan fingerprint density at radius 2 is 2.00 bits per heavy atom. The fraction of sp³-hybridized carbons (Fsp3) is 0.100. The lowest BCUT2D eigenvalue weighted by molar-refractivity contribution is 1.44. The molecule has 0 spiro atoms. The van der Waals surface area contributed by atoms with Gasteiger partial charge >= 0.3 is 0 Å². The first-order valence-electron chi connectivity index (χ1n) is 3.28. The van der Waals surface area contributed by atoms with E-state index in [0.29, 0.717) is 0 Å². The summed E-state index contributed by atoms with van der Waals surface area (Å²) in [5, 5.41) is 0. The minimum Gasteiger partial charge on any atom is -0.0796 e. The fourth-order valence-electron chi connectivity index (χ4n) is 0.877. The van der Waals surface area contributed by atoms with Gasteiger partial charge in [-0.2, -0.15) is 0 Å². The first kappa shape index (κ1) is 7.07. The number of aryl methyl sites for hydroxylation is 1. The summed E-state index contributed by atoms with van der Waals surface area (Å²) in [5.41, 5.74) is 2.44. The molecule has 0 aromatic heterocycles. The Bertz CT molecular complexity index is 234. The highest BCUT2D eigenvalue weighted by molar-refractivity contribution is 5.53. The Balaban J connectivity index is 3.03. The van der Waals surface area contributed by atoms with Crippen molar-refractivity contribution in [1.29, 1.82) is 0 Å². The number of allylic oxidation sites excluding steroid dienone is 1. The molecular formula is C10H10. The van der Waals surface area contributed by atoms with Crippen molar-refractivity contribution in [1.82, 2.24) is 0 Å². The molecule has 0 amide bonds. The van der Waals surface area contributed by atoms with Gasteiger partial charge in [-0.05, 0) is 25.0 Å². The van der Waals surface area contributed by atoms with Crippen LogP contribution in [0.5, 0.6) is 0 Å². The summed E-state index contributed by atoms with van der Waals surface area (Å²) in [6, 6.07) is 8.12. The van der Waals surface area contributed by atoms with Gasteiger partial charge in [0.15, 0.2) is 0 Å². The van der Waals surface area contributed by atoms with Crippen LogP contribution in [0.4, 0.5) is 0 Å². The third kappa shape index (κ3) is 1.47. The molecule has 0 saturated heterocycles. The largest absolute Gasteiger partial charge is 0.0796 e. The molecular weight excluding hydrogens is 120 g/mol. The first-order chi connectivity index (χ1) is 4.84. The van der Waals surface area contributed by atoms with Gasteiger partial charge in [0.25, 0.3) is 0 Å². The second-order valence-electron chi connectivity index (χ2n) is 2.22. The lowest BCUT2D eigenvalue weighted by Gasteiger charge is -1.96. The van der Waals surface area contributed by atoms with Gasteiger partial charge in [-0.3, -0.25) is 0 Å².